The quantitative estimate of drug-likeness (QED) is 0.480. The number of nitrogens with zero attached hydrogens (tertiary/aromatic N) is 1. The maximum Gasteiger partial charge on any atom is 0.290 e. The topological polar surface area (TPSA) is 33.5 Å². The fourth-order valence-electron chi connectivity index (χ4n) is 3.52. The van der Waals surface area contributed by atoms with Gasteiger partial charge in [0.15, 0.2) is 5.76 Å². The molecule has 4 aromatic rings. The first-order valence-corrected chi connectivity index (χ1v) is 9.96. The van der Waals surface area contributed by atoms with E-state index in [2.05, 4.69) is 22.9 Å². The molecule has 0 saturated heterocycles. The fraction of sp³-hybridized carbons (Fsp3) is 0.150. The average molecular weight is 365 g/mol. The predicted octanol–water partition coefficient (Wildman–Crippen LogP) is 5.34. The van der Waals surface area contributed by atoms with Crippen molar-refractivity contribution in [3.05, 3.63) is 80.4 Å². The minimum atomic E-state index is -0.0357. The second kappa shape index (κ2) is 5.86. The second-order valence-corrected chi connectivity index (χ2v) is 8.09. The van der Waals surface area contributed by atoms with Crippen LogP contribution in [0, 0.1) is 0 Å². The third kappa shape index (κ3) is 2.42. The van der Waals surface area contributed by atoms with Crippen LogP contribution < -0.4 is 0 Å². The molecule has 0 radical (unpaired) electrons. The van der Waals surface area contributed by atoms with Crippen LogP contribution in [0.3, 0.4) is 0 Å². The standard InChI is InChI=1S/C20H15NO2S2/c22-20(16-12-13-4-1-2-5-15(13)23-16)21-9-7-17-14(8-11-25-17)19(21)18-6-3-10-24-18/h1-6,8,10-12,19H,7,9H2/t19-/m1/s1. The van der Waals surface area contributed by atoms with Gasteiger partial charge in [0, 0.05) is 21.7 Å². The number of furan rings is 1. The minimum absolute atomic E-state index is 0.0179. The number of benzene rings is 1. The van der Waals surface area contributed by atoms with Gasteiger partial charge in [0.1, 0.15) is 5.58 Å². The number of carbonyl (C=O) groups is 1. The summed E-state index contributed by atoms with van der Waals surface area (Å²) in [5.74, 6) is 0.382. The van der Waals surface area contributed by atoms with Crippen LogP contribution in [0.25, 0.3) is 11.0 Å². The Labute approximate surface area is 153 Å². The highest BCUT2D eigenvalue weighted by atomic mass is 32.1. The third-order valence-electron chi connectivity index (χ3n) is 4.68. The summed E-state index contributed by atoms with van der Waals surface area (Å²) in [5, 5.41) is 5.16. The Balaban J connectivity index is 1.58. The molecule has 4 heterocycles. The molecule has 1 aromatic carbocycles. The summed E-state index contributed by atoms with van der Waals surface area (Å²) in [7, 11) is 0. The zero-order valence-electron chi connectivity index (χ0n) is 13.3. The summed E-state index contributed by atoms with van der Waals surface area (Å²) in [5.41, 5.74) is 2.01. The molecule has 1 atom stereocenters. The molecule has 0 unspecified atom stereocenters. The van der Waals surface area contributed by atoms with Gasteiger partial charge in [0.05, 0.1) is 6.04 Å². The van der Waals surface area contributed by atoms with Crippen molar-refractivity contribution < 1.29 is 9.21 Å². The van der Waals surface area contributed by atoms with Crippen LogP contribution >= 0.6 is 22.7 Å². The van der Waals surface area contributed by atoms with E-state index in [-0.39, 0.29) is 11.9 Å². The Morgan fingerprint density at radius 1 is 1.08 bits per heavy atom. The van der Waals surface area contributed by atoms with Gasteiger partial charge in [-0.1, -0.05) is 24.3 Å². The number of rotatable bonds is 2. The summed E-state index contributed by atoms with van der Waals surface area (Å²) in [6.45, 7) is 0.714. The third-order valence-corrected chi connectivity index (χ3v) is 6.60. The Morgan fingerprint density at radius 2 is 2.00 bits per heavy atom. The average Bonchev–Trinajstić information content (AvgIpc) is 3.39. The lowest BCUT2D eigenvalue weighted by atomic mass is 9.98. The number of hydrogen-bond donors (Lipinski definition) is 0. The lowest BCUT2D eigenvalue weighted by Crippen LogP contribution is -2.39. The highest BCUT2D eigenvalue weighted by Crippen LogP contribution is 2.40. The van der Waals surface area contributed by atoms with Gasteiger partial charge in [-0.2, -0.15) is 0 Å². The van der Waals surface area contributed by atoms with E-state index in [0.29, 0.717) is 12.3 Å². The zero-order valence-corrected chi connectivity index (χ0v) is 15.0. The van der Waals surface area contributed by atoms with Gasteiger partial charge < -0.3 is 9.32 Å². The van der Waals surface area contributed by atoms with E-state index in [0.717, 1.165) is 17.4 Å². The number of para-hydroxylation sites is 1. The molecule has 1 aliphatic rings. The first-order valence-electron chi connectivity index (χ1n) is 8.20. The van der Waals surface area contributed by atoms with E-state index in [4.69, 9.17) is 4.42 Å². The molecule has 5 heteroatoms. The SMILES string of the molecule is O=C(c1cc2ccccc2o1)N1CCc2sccc2[C@@H]1c1cccs1. The van der Waals surface area contributed by atoms with Gasteiger partial charge in [-0.25, -0.2) is 0 Å². The molecule has 0 N–H and O–H groups in total. The van der Waals surface area contributed by atoms with E-state index < -0.39 is 0 Å². The largest absolute Gasteiger partial charge is 0.451 e. The molecule has 0 bridgehead atoms. The number of fused-ring (bicyclic) bond motifs is 2. The smallest absolute Gasteiger partial charge is 0.290 e. The van der Waals surface area contributed by atoms with Crippen LogP contribution in [0.15, 0.2) is 63.7 Å². The summed E-state index contributed by atoms with van der Waals surface area (Å²) >= 11 is 3.48. The van der Waals surface area contributed by atoms with Crippen LogP contribution in [0.5, 0.6) is 0 Å². The Bertz CT molecular complexity index is 1010. The summed E-state index contributed by atoms with van der Waals surface area (Å²) in [6.07, 6.45) is 0.904. The van der Waals surface area contributed by atoms with E-state index in [1.54, 1.807) is 22.7 Å². The van der Waals surface area contributed by atoms with Gasteiger partial charge in [0.25, 0.3) is 5.91 Å². The normalized spacial score (nSPS) is 17.0. The molecule has 0 fully saturated rings. The van der Waals surface area contributed by atoms with Crippen molar-refractivity contribution in [3.8, 4) is 0 Å². The van der Waals surface area contributed by atoms with Gasteiger partial charge in [0.2, 0.25) is 0 Å². The van der Waals surface area contributed by atoms with Crippen molar-refractivity contribution >= 4 is 39.5 Å². The lowest BCUT2D eigenvalue weighted by molar-refractivity contribution is 0.0668. The van der Waals surface area contributed by atoms with Crippen LogP contribution in [-0.4, -0.2) is 17.4 Å². The van der Waals surface area contributed by atoms with Crippen LogP contribution in [0.2, 0.25) is 0 Å². The summed E-state index contributed by atoms with van der Waals surface area (Å²) in [6, 6.07) is 15.9. The summed E-state index contributed by atoms with van der Waals surface area (Å²) in [4.78, 5) is 17.8. The van der Waals surface area contributed by atoms with Crippen LogP contribution in [0.4, 0.5) is 0 Å². The van der Waals surface area contributed by atoms with Crippen molar-refractivity contribution in [3.63, 3.8) is 0 Å². The minimum Gasteiger partial charge on any atom is -0.451 e. The van der Waals surface area contributed by atoms with Gasteiger partial charge in [-0.3, -0.25) is 4.79 Å². The van der Waals surface area contributed by atoms with Gasteiger partial charge >= 0.3 is 0 Å². The molecule has 124 valence electrons. The van der Waals surface area contributed by atoms with Crippen molar-refractivity contribution in [2.24, 2.45) is 0 Å². The fourth-order valence-corrected chi connectivity index (χ4v) is 5.28. The predicted molar refractivity (Wildman–Crippen MR) is 101 cm³/mol. The van der Waals surface area contributed by atoms with Gasteiger partial charge in [-0.05, 0) is 47.0 Å². The molecule has 1 amide bonds. The molecule has 3 aromatic heterocycles. The number of hydrogen-bond acceptors (Lipinski definition) is 4. The first-order chi connectivity index (χ1) is 12.3. The van der Waals surface area contributed by atoms with Crippen molar-refractivity contribution in [1.82, 2.24) is 4.90 Å². The van der Waals surface area contributed by atoms with E-state index in [9.17, 15) is 4.79 Å². The maximum absolute atomic E-state index is 13.2. The summed E-state index contributed by atoms with van der Waals surface area (Å²) < 4.78 is 5.83. The molecule has 5 rings (SSSR count). The number of thiophene rings is 2. The van der Waals surface area contributed by atoms with Crippen molar-refractivity contribution in [1.29, 1.82) is 0 Å². The van der Waals surface area contributed by atoms with Gasteiger partial charge in [-0.15, -0.1) is 22.7 Å². The van der Waals surface area contributed by atoms with Crippen molar-refractivity contribution in [2.45, 2.75) is 12.5 Å². The van der Waals surface area contributed by atoms with E-state index >= 15 is 0 Å². The van der Waals surface area contributed by atoms with Crippen LogP contribution in [0.1, 0.15) is 31.9 Å². The maximum atomic E-state index is 13.2. The lowest BCUT2D eigenvalue weighted by Gasteiger charge is -2.34. The Kier molecular flexibility index (Phi) is 3.50. The zero-order chi connectivity index (χ0) is 16.8. The van der Waals surface area contributed by atoms with E-state index in [1.165, 1.54) is 15.3 Å². The monoisotopic (exact) mass is 365 g/mol. The number of carbonyl (C=O) groups excluding carboxylic acids is 1. The van der Waals surface area contributed by atoms with Crippen LogP contribution in [-0.2, 0) is 6.42 Å². The number of amides is 1. The van der Waals surface area contributed by atoms with E-state index in [1.807, 2.05) is 41.3 Å². The van der Waals surface area contributed by atoms with Crippen molar-refractivity contribution in [2.75, 3.05) is 6.54 Å². The molecule has 3 nitrogen and oxygen atoms in total. The molecule has 0 spiro atoms. The Morgan fingerprint density at radius 3 is 2.84 bits per heavy atom. The highest BCUT2D eigenvalue weighted by Gasteiger charge is 2.35. The Hall–Kier alpha value is -2.37. The molecule has 0 saturated carbocycles. The molecular weight excluding hydrogens is 350 g/mol. The first kappa shape index (κ1) is 14.9. The molecule has 25 heavy (non-hydrogen) atoms. The highest BCUT2D eigenvalue weighted by molar-refractivity contribution is 7.10. The second-order valence-electron chi connectivity index (χ2n) is 6.11. The molecule has 0 aliphatic carbocycles. The molecular formula is C20H15NO2S2. The molecule has 1 aliphatic heterocycles.